The van der Waals surface area contributed by atoms with Crippen LogP contribution in [0, 0.1) is 0 Å². The topological polar surface area (TPSA) is 37.0 Å². The summed E-state index contributed by atoms with van der Waals surface area (Å²) in [5, 5.41) is 7.89. The van der Waals surface area contributed by atoms with Gasteiger partial charge < -0.3 is 15.0 Å². The van der Waals surface area contributed by atoms with Gasteiger partial charge >= 0.3 is 0 Å². The lowest BCUT2D eigenvalue weighted by Gasteiger charge is -2.21. The van der Waals surface area contributed by atoms with Crippen molar-refractivity contribution in [1.29, 1.82) is 0 Å². The Morgan fingerprint density at radius 2 is 1.64 bits per heavy atom. The normalized spacial score (nSPS) is 18.6. The van der Waals surface area contributed by atoms with Crippen molar-refractivity contribution in [2.24, 2.45) is 0 Å². The average Bonchev–Trinajstić information content (AvgIpc) is 3.56. The Kier molecular flexibility index (Phi) is 6.48. The van der Waals surface area contributed by atoms with Gasteiger partial charge in [-0.05, 0) is 77.8 Å². The molecule has 1 heterocycles. The van der Waals surface area contributed by atoms with Crippen LogP contribution in [0.3, 0.4) is 0 Å². The summed E-state index contributed by atoms with van der Waals surface area (Å²) in [7, 11) is 0. The van der Waals surface area contributed by atoms with Crippen molar-refractivity contribution in [3.8, 4) is 5.75 Å². The molecule has 1 fully saturated rings. The summed E-state index contributed by atoms with van der Waals surface area (Å²) < 4.78 is 6.08. The van der Waals surface area contributed by atoms with Gasteiger partial charge in [-0.1, -0.05) is 72.8 Å². The number of benzene rings is 4. The molecule has 1 aliphatic carbocycles. The Morgan fingerprint density at radius 1 is 0.861 bits per heavy atom. The summed E-state index contributed by atoms with van der Waals surface area (Å²) in [5.74, 6) is 1.57. The first-order valence-corrected chi connectivity index (χ1v) is 13.3. The van der Waals surface area contributed by atoms with Crippen molar-refractivity contribution in [3.63, 3.8) is 0 Å². The van der Waals surface area contributed by atoms with E-state index in [2.05, 4.69) is 114 Å². The lowest BCUT2D eigenvalue weighted by atomic mass is 9.96. The number of H-pyrrole nitrogens is 1. The zero-order valence-corrected chi connectivity index (χ0v) is 20.9. The number of rotatable bonds is 8. The van der Waals surface area contributed by atoms with E-state index in [1.807, 2.05) is 0 Å². The number of para-hydroxylation sites is 1. The van der Waals surface area contributed by atoms with Crippen LogP contribution in [0.15, 0.2) is 97.2 Å². The molecule has 2 N–H and O–H groups in total. The predicted molar refractivity (Wildman–Crippen MR) is 150 cm³/mol. The van der Waals surface area contributed by atoms with E-state index in [-0.39, 0.29) is 0 Å². The highest BCUT2D eigenvalue weighted by Gasteiger charge is 2.27. The minimum absolute atomic E-state index is 0.341. The van der Waals surface area contributed by atoms with E-state index in [0.717, 1.165) is 12.2 Å². The summed E-state index contributed by atoms with van der Waals surface area (Å²) in [6.45, 7) is 2.99. The van der Waals surface area contributed by atoms with Gasteiger partial charge in [0.2, 0.25) is 0 Å². The molecule has 0 radical (unpaired) electrons. The molecular formula is C33H34N2O. The molecule has 0 bridgehead atoms. The van der Waals surface area contributed by atoms with E-state index < -0.39 is 0 Å². The molecule has 3 atom stereocenters. The van der Waals surface area contributed by atoms with Gasteiger partial charge in [0.15, 0.2) is 0 Å². The first kappa shape index (κ1) is 22.9. The van der Waals surface area contributed by atoms with Crippen molar-refractivity contribution < 1.29 is 4.74 Å². The second kappa shape index (κ2) is 10.2. The van der Waals surface area contributed by atoms with Crippen LogP contribution in [0.2, 0.25) is 0 Å². The predicted octanol–water partition coefficient (Wildman–Crippen LogP) is 7.93. The minimum atomic E-state index is 0.341. The van der Waals surface area contributed by atoms with Crippen molar-refractivity contribution in [2.45, 2.75) is 50.6 Å². The van der Waals surface area contributed by atoms with Crippen LogP contribution in [-0.4, -0.2) is 17.6 Å². The van der Waals surface area contributed by atoms with Crippen LogP contribution in [0.25, 0.3) is 21.7 Å². The molecule has 0 saturated heterocycles. The number of fused-ring (bicyclic) bond motifs is 2. The van der Waals surface area contributed by atoms with Gasteiger partial charge in [-0.3, -0.25) is 0 Å². The Morgan fingerprint density at radius 3 is 2.53 bits per heavy atom. The summed E-state index contributed by atoms with van der Waals surface area (Å²) in [6.07, 6.45) is 6.65. The number of nitrogens with one attached hydrogen (secondary N) is 2. The second-order valence-corrected chi connectivity index (χ2v) is 10.2. The second-order valence-electron chi connectivity index (χ2n) is 10.2. The fraction of sp³-hybridized carbons (Fsp3) is 0.273. The maximum atomic E-state index is 6.08. The van der Waals surface area contributed by atoms with Gasteiger partial charge in [0.05, 0.1) is 6.61 Å². The minimum Gasteiger partial charge on any atom is -0.493 e. The number of ether oxygens (including phenoxy) is 1. The van der Waals surface area contributed by atoms with Gasteiger partial charge in [-0.2, -0.15) is 0 Å². The largest absolute Gasteiger partial charge is 0.493 e. The van der Waals surface area contributed by atoms with Crippen LogP contribution >= 0.6 is 0 Å². The summed E-state index contributed by atoms with van der Waals surface area (Å²) >= 11 is 0. The number of aromatic amines is 1. The first-order valence-electron chi connectivity index (χ1n) is 13.3. The quantitative estimate of drug-likeness (QED) is 0.240. The number of aromatic nitrogens is 1. The third kappa shape index (κ3) is 4.76. The number of hydrogen-bond acceptors (Lipinski definition) is 2. The van der Waals surface area contributed by atoms with E-state index >= 15 is 0 Å². The third-order valence-corrected chi connectivity index (χ3v) is 7.87. The molecule has 0 spiro atoms. The third-order valence-electron chi connectivity index (χ3n) is 7.87. The lowest BCUT2D eigenvalue weighted by molar-refractivity contribution is 0.322. The summed E-state index contributed by atoms with van der Waals surface area (Å²) in [6, 6.07) is 33.5. The molecule has 4 aromatic carbocycles. The van der Waals surface area contributed by atoms with E-state index in [1.54, 1.807) is 0 Å². The molecule has 36 heavy (non-hydrogen) atoms. The van der Waals surface area contributed by atoms with E-state index in [0.29, 0.717) is 24.6 Å². The molecule has 0 aliphatic heterocycles. The molecule has 1 saturated carbocycles. The smallest absolute Gasteiger partial charge is 0.119 e. The standard InChI is InChI=1S/C33H34N2O/c1-23(30-11-6-8-25-7-2-3-9-31(25)30)35-28-16-13-26(21-28)24-14-17-29(18-15-24)36-20-19-27-22-34-33-12-5-4-10-32(27)33/h2-12,14-15,17-18,22-23,26,28,34-35H,13,16,19-21H2,1H3/t23?,26-,28+/m1/s1. The highest BCUT2D eigenvalue weighted by atomic mass is 16.5. The maximum absolute atomic E-state index is 6.08. The van der Waals surface area contributed by atoms with Gasteiger partial charge in [-0.15, -0.1) is 0 Å². The Hall–Kier alpha value is -3.56. The Bertz CT molecular complexity index is 1450. The fourth-order valence-corrected chi connectivity index (χ4v) is 5.96. The lowest BCUT2D eigenvalue weighted by Crippen LogP contribution is -2.29. The summed E-state index contributed by atoms with van der Waals surface area (Å²) in [4.78, 5) is 3.35. The molecule has 6 rings (SSSR count). The van der Waals surface area contributed by atoms with Crippen LogP contribution in [0.4, 0.5) is 0 Å². The van der Waals surface area contributed by atoms with Crippen LogP contribution < -0.4 is 10.1 Å². The highest BCUT2D eigenvalue weighted by Crippen LogP contribution is 2.36. The van der Waals surface area contributed by atoms with Crippen molar-refractivity contribution in [2.75, 3.05) is 6.61 Å². The van der Waals surface area contributed by atoms with Gasteiger partial charge in [0.1, 0.15) is 5.75 Å². The van der Waals surface area contributed by atoms with Crippen molar-refractivity contribution in [1.82, 2.24) is 10.3 Å². The van der Waals surface area contributed by atoms with Gasteiger partial charge in [-0.25, -0.2) is 0 Å². The number of hydrogen-bond donors (Lipinski definition) is 2. The molecule has 3 heteroatoms. The fourth-order valence-electron chi connectivity index (χ4n) is 5.96. The maximum Gasteiger partial charge on any atom is 0.119 e. The molecule has 0 amide bonds. The zero-order chi connectivity index (χ0) is 24.3. The molecule has 1 unspecified atom stereocenters. The van der Waals surface area contributed by atoms with E-state index in [9.17, 15) is 0 Å². The molecule has 182 valence electrons. The van der Waals surface area contributed by atoms with Crippen molar-refractivity contribution in [3.05, 3.63) is 114 Å². The molecule has 1 aliphatic rings. The highest BCUT2D eigenvalue weighted by molar-refractivity contribution is 5.86. The Balaban J connectivity index is 1.03. The van der Waals surface area contributed by atoms with Crippen LogP contribution in [0.5, 0.6) is 5.75 Å². The molecular weight excluding hydrogens is 440 g/mol. The molecule has 3 nitrogen and oxygen atoms in total. The summed E-state index contributed by atoms with van der Waals surface area (Å²) in [5.41, 5.74) is 5.32. The van der Waals surface area contributed by atoms with Gasteiger partial charge in [0, 0.05) is 35.6 Å². The van der Waals surface area contributed by atoms with E-state index in [4.69, 9.17) is 4.74 Å². The van der Waals surface area contributed by atoms with Crippen LogP contribution in [-0.2, 0) is 6.42 Å². The van der Waals surface area contributed by atoms with Gasteiger partial charge in [0.25, 0.3) is 0 Å². The SMILES string of the molecule is CC(N[C@H]1CC[C@@H](c2ccc(OCCc3c[nH]c4ccccc34)cc2)C1)c1cccc2ccccc12. The van der Waals surface area contributed by atoms with E-state index in [1.165, 1.54) is 57.6 Å². The molecule has 1 aromatic heterocycles. The Labute approximate surface area is 213 Å². The average molecular weight is 475 g/mol. The van der Waals surface area contributed by atoms with Crippen molar-refractivity contribution >= 4 is 21.7 Å². The first-order chi connectivity index (χ1) is 17.7. The molecule has 5 aromatic rings. The monoisotopic (exact) mass is 474 g/mol. The van der Waals surface area contributed by atoms with Crippen LogP contribution in [0.1, 0.15) is 54.8 Å². The zero-order valence-electron chi connectivity index (χ0n) is 20.9.